The molecule has 2 aromatic heterocycles. The number of benzene rings is 2. The van der Waals surface area contributed by atoms with Crippen LogP contribution in [0.5, 0.6) is 11.5 Å². The van der Waals surface area contributed by atoms with Crippen LogP contribution in [0.1, 0.15) is 18.4 Å². The molecule has 2 aromatic carbocycles. The van der Waals surface area contributed by atoms with Crippen LogP contribution >= 0.6 is 0 Å². The Kier molecular flexibility index (Phi) is 5.85. The fourth-order valence-corrected chi connectivity index (χ4v) is 4.25. The lowest BCUT2D eigenvalue weighted by Gasteiger charge is -2.33. The number of fused-ring (bicyclic) bond motifs is 1. The Labute approximate surface area is 186 Å². The van der Waals surface area contributed by atoms with Crippen LogP contribution in [0.15, 0.2) is 83.9 Å². The van der Waals surface area contributed by atoms with Gasteiger partial charge in [-0.1, -0.05) is 18.2 Å². The van der Waals surface area contributed by atoms with E-state index in [0.717, 1.165) is 49.1 Å². The number of para-hydroxylation sites is 1. The SMILES string of the molecule is O=c1cc(Oc2cccc(NC3CCN(Cc4ccncc4)CC3)c2)c2ccccc2[nH]1. The summed E-state index contributed by atoms with van der Waals surface area (Å²) in [5, 5.41) is 4.54. The van der Waals surface area contributed by atoms with Crippen molar-refractivity contribution in [1.29, 1.82) is 0 Å². The molecule has 0 aliphatic carbocycles. The third-order valence-electron chi connectivity index (χ3n) is 5.89. The molecule has 32 heavy (non-hydrogen) atoms. The van der Waals surface area contributed by atoms with Gasteiger partial charge in [-0.15, -0.1) is 0 Å². The number of nitrogens with one attached hydrogen (secondary N) is 2. The van der Waals surface area contributed by atoms with Crippen LogP contribution in [0.4, 0.5) is 5.69 Å². The van der Waals surface area contributed by atoms with Crippen LogP contribution in [0.3, 0.4) is 0 Å². The maximum Gasteiger partial charge on any atom is 0.252 e. The quantitative estimate of drug-likeness (QED) is 0.464. The van der Waals surface area contributed by atoms with Gasteiger partial charge in [-0.2, -0.15) is 0 Å². The van der Waals surface area contributed by atoms with Crippen molar-refractivity contribution in [2.45, 2.75) is 25.4 Å². The first-order valence-corrected chi connectivity index (χ1v) is 11.0. The molecule has 0 spiro atoms. The number of likely N-dealkylation sites (tertiary alicyclic amines) is 1. The highest BCUT2D eigenvalue weighted by molar-refractivity contribution is 5.84. The van der Waals surface area contributed by atoms with Crippen molar-refractivity contribution in [3.8, 4) is 11.5 Å². The van der Waals surface area contributed by atoms with E-state index in [-0.39, 0.29) is 5.56 Å². The van der Waals surface area contributed by atoms with Gasteiger partial charge in [0, 0.05) is 61.3 Å². The molecular weight excluding hydrogens is 400 g/mol. The number of piperidine rings is 1. The van der Waals surface area contributed by atoms with Gasteiger partial charge in [-0.05, 0) is 54.8 Å². The Morgan fingerprint density at radius 2 is 1.81 bits per heavy atom. The van der Waals surface area contributed by atoms with Gasteiger partial charge < -0.3 is 15.0 Å². The first kappa shape index (κ1) is 20.3. The van der Waals surface area contributed by atoms with E-state index in [1.54, 1.807) is 0 Å². The van der Waals surface area contributed by atoms with Crippen molar-refractivity contribution in [1.82, 2.24) is 14.9 Å². The summed E-state index contributed by atoms with van der Waals surface area (Å²) in [4.78, 5) is 21.4. The highest BCUT2D eigenvalue weighted by Gasteiger charge is 2.19. The molecule has 1 saturated heterocycles. The van der Waals surface area contributed by atoms with Gasteiger partial charge in [0.25, 0.3) is 5.56 Å². The molecule has 1 aliphatic rings. The molecular formula is C26H26N4O2. The smallest absolute Gasteiger partial charge is 0.252 e. The number of ether oxygens (including phenoxy) is 1. The molecule has 6 nitrogen and oxygen atoms in total. The van der Waals surface area contributed by atoms with Gasteiger partial charge in [-0.25, -0.2) is 0 Å². The number of hydrogen-bond donors (Lipinski definition) is 2. The molecule has 5 rings (SSSR count). The fourth-order valence-electron chi connectivity index (χ4n) is 4.25. The molecule has 0 radical (unpaired) electrons. The minimum absolute atomic E-state index is 0.175. The van der Waals surface area contributed by atoms with Gasteiger partial charge in [0.1, 0.15) is 11.5 Å². The number of H-pyrrole nitrogens is 1. The monoisotopic (exact) mass is 426 g/mol. The fraction of sp³-hybridized carbons (Fsp3) is 0.231. The second-order valence-electron chi connectivity index (χ2n) is 8.22. The molecule has 162 valence electrons. The van der Waals surface area contributed by atoms with Crippen LogP contribution in [0.25, 0.3) is 10.9 Å². The predicted molar refractivity (Wildman–Crippen MR) is 127 cm³/mol. The van der Waals surface area contributed by atoms with E-state index >= 15 is 0 Å². The summed E-state index contributed by atoms with van der Waals surface area (Å²) in [5.41, 5.74) is 2.93. The van der Waals surface area contributed by atoms with Crippen molar-refractivity contribution < 1.29 is 4.74 Å². The third kappa shape index (κ3) is 4.81. The van der Waals surface area contributed by atoms with Crippen molar-refractivity contribution >= 4 is 16.6 Å². The summed E-state index contributed by atoms with van der Waals surface area (Å²) in [6.07, 6.45) is 5.89. The van der Waals surface area contributed by atoms with Gasteiger partial charge in [-0.3, -0.25) is 14.7 Å². The van der Waals surface area contributed by atoms with Crippen molar-refractivity contribution in [3.05, 3.63) is 95.0 Å². The first-order chi connectivity index (χ1) is 15.7. The Morgan fingerprint density at radius 3 is 2.66 bits per heavy atom. The van der Waals surface area contributed by atoms with Crippen molar-refractivity contribution in [2.75, 3.05) is 18.4 Å². The molecule has 2 N–H and O–H groups in total. The summed E-state index contributed by atoms with van der Waals surface area (Å²) in [6.45, 7) is 3.10. The average molecular weight is 427 g/mol. The lowest BCUT2D eigenvalue weighted by molar-refractivity contribution is 0.211. The van der Waals surface area contributed by atoms with Gasteiger partial charge in [0.15, 0.2) is 0 Å². The Bertz CT molecular complexity index is 1250. The first-order valence-electron chi connectivity index (χ1n) is 11.0. The third-order valence-corrected chi connectivity index (χ3v) is 5.89. The van der Waals surface area contributed by atoms with E-state index < -0.39 is 0 Å². The van der Waals surface area contributed by atoms with Crippen LogP contribution in [-0.2, 0) is 6.54 Å². The number of hydrogen-bond acceptors (Lipinski definition) is 5. The molecule has 0 atom stereocenters. The zero-order valence-corrected chi connectivity index (χ0v) is 17.8. The molecule has 0 bridgehead atoms. The van der Waals surface area contributed by atoms with Crippen LogP contribution in [0.2, 0.25) is 0 Å². The minimum Gasteiger partial charge on any atom is -0.456 e. The number of aromatic nitrogens is 2. The number of aromatic amines is 1. The second-order valence-corrected chi connectivity index (χ2v) is 8.22. The van der Waals surface area contributed by atoms with Gasteiger partial charge >= 0.3 is 0 Å². The number of anilines is 1. The highest BCUT2D eigenvalue weighted by atomic mass is 16.5. The molecule has 0 unspecified atom stereocenters. The minimum atomic E-state index is -0.175. The van der Waals surface area contributed by atoms with Gasteiger partial charge in [0.2, 0.25) is 0 Å². The van der Waals surface area contributed by atoms with Crippen molar-refractivity contribution in [2.24, 2.45) is 0 Å². The highest BCUT2D eigenvalue weighted by Crippen LogP contribution is 2.29. The summed E-state index contributed by atoms with van der Waals surface area (Å²) in [6, 6.07) is 21.7. The maximum absolute atomic E-state index is 12.0. The van der Waals surface area contributed by atoms with E-state index in [1.165, 1.54) is 11.6 Å². The summed E-state index contributed by atoms with van der Waals surface area (Å²) >= 11 is 0. The molecule has 6 heteroatoms. The Morgan fingerprint density at radius 1 is 1.00 bits per heavy atom. The summed E-state index contributed by atoms with van der Waals surface area (Å²) in [7, 11) is 0. The van der Waals surface area contributed by atoms with Crippen LogP contribution < -0.4 is 15.6 Å². The molecule has 1 fully saturated rings. The van der Waals surface area contributed by atoms with E-state index in [0.29, 0.717) is 17.5 Å². The van der Waals surface area contributed by atoms with Gasteiger partial charge in [0.05, 0.1) is 5.52 Å². The lowest BCUT2D eigenvalue weighted by Crippen LogP contribution is -2.38. The number of nitrogens with zero attached hydrogens (tertiary/aromatic N) is 2. The second kappa shape index (κ2) is 9.24. The molecule has 1 aliphatic heterocycles. The Hall–Kier alpha value is -3.64. The van der Waals surface area contributed by atoms with E-state index in [9.17, 15) is 4.79 Å². The standard InChI is InChI=1S/C26H26N4O2/c31-26-17-25(23-6-1-2-7-24(23)29-26)32-22-5-3-4-21(16-22)28-20-10-14-30(15-11-20)18-19-8-12-27-13-9-19/h1-9,12-13,16-17,20,28H,10-11,14-15,18H2,(H,29,31). The molecule has 3 heterocycles. The van der Waals surface area contributed by atoms with E-state index in [4.69, 9.17) is 4.74 Å². The summed E-state index contributed by atoms with van der Waals surface area (Å²) in [5.74, 6) is 1.27. The largest absolute Gasteiger partial charge is 0.456 e. The molecule has 0 amide bonds. The zero-order valence-electron chi connectivity index (χ0n) is 17.8. The Balaban J connectivity index is 1.22. The van der Waals surface area contributed by atoms with E-state index in [2.05, 4.69) is 38.4 Å². The van der Waals surface area contributed by atoms with Crippen molar-refractivity contribution in [3.63, 3.8) is 0 Å². The molecule has 0 saturated carbocycles. The predicted octanol–water partition coefficient (Wildman–Crippen LogP) is 4.79. The van der Waals surface area contributed by atoms with Crippen LogP contribution in [0, 0.1) is 0 Å². The summed E-state index contributed by atoms with van der Waals surface area (Å²) < 4.78 is 6.11. The lowest BCUT2D eigenvalue weighted by atomic mass is 10.0. The topological polar surface area (TPSA) is 70.2 Å². The number of pyridine rings is 2. The zero-order chi connectivity index (χ0) is 21.8. The van der Waals surface area contributed by atoms with E-state index in [1.807, 2.05) is 54.9 Å². The average Bonchev–Trinajstić information content (AvgIpc) is 2.81. The number of rotatable bonds is 6. The maximum atomic E-state index is 12.0. The molecule has 4 aromatic rings. The normalized spacial score (nSPS) is 15.0. The van der Waals surface area contributed by atoms with Crippen LogP contribution in [-0.4, -0.2) is 34.0 Å².